The minimum atomic E-state index is -0.368. The van der Waals surface area contributed by atoms with E-state index < -0.39 is 0 Å². The number of thiazole rings is 1. The number of ether oxygens (including phenoxy) is 2. The fourth-order valence-corrected chi connectivity index (χ4v) is 6.07. The van der Waals surface area contributed by atoms with Crippen LogP contribution in [0.25, 0.3) is 10.3 Å². The molecule has 1 N–H and O–H groups in total. The maximum Gasteiger partial charge on any atom is 0.328 e. The van der Waals surface area contributed by atoms with Crippen LogP contribution in [0.1, 0.15) is 24.5 Å². The van der Waals surface area contributed by atoms with Gasteiger partial charge < -0.3 is 14.4 Å². The number of aromatic nitrogens is 2. The van der Waals surface area contributed by atoms with Gasteiger partial charge in [-0.1, -0.05) is 29.0 Å². The van der Waals surface area contributed by atoms with E-state index in [-0.39, 0.29) is 17.4 Å². The highest BCUT2D eigenvalue weighted by molar-refractivity contribution is 7.22. The van der Waals surface area contributed by atoms with Gasteiger partial charge in [0.25, 0.3) is 0 Å². The number of fused-ring (bicyclic) bond motifs is 3. The van der Waals surface area contributed by atoms with Crippen molar-refractivity contribution in [2.45, 2.75) is 25.7 Å². The fourth-order valence-electron chi connectivity index (χ4n) is 5.25. The van der Waals surface area contributed by atoms with E-state index in [2.05, 4.69) is 15.3 Å². The molecule has 2 aromatic heterocycles. The molecule has 1 saturated heterocycles. The van der Waals surface area contributed by atoms with Crippen LogP contribution in [0.3, 0.4) is 0 Å². The number of benzene rings is 2. The van der Waals surface area contributed by atoms with Crippen molar-refractivity contribution in [3.63, 3.8) is 0 Å². The average molecular weight is 530 g/mol. The highest BCUT2D eigenvalue weighted by Gasteiger charge is 2.49. The Morgan fingerprint density at radius 3 is 2.55 bits per heavy atom. The van der Waals surface area contributed by atoms with E-state index >= 15 is 0 Å². The SMILES string of the molecule is COc1ccc2nc(NC(=O)N3CC4(CCN(C(C)=O)C4)c4cc(Oc5ccc(C)cc5)ccc43)sc2n1. The van der Waals surface area contributed by atoms with Gasteiger partial charge in [0.15, 0.2) is 5.13 Å². The van der Waals surface area contributed by atoms with E-state index in [1.165, 1.54) is 11.3 Å². The molecule has 2 aromatic carbocycles. The van der Waals surface area contributed by atoms with Gasteiger partial charge in [0.2, 0.25) is 11.8 Å². The zero-order valence-corrected chi connectivity index (χ0v) is 22.2. The van der Waals surface area contributed by atoms with Gasteiger partial charge in [-0.05, 0) is 55.3 Å². The van der Waals surface area contributed by atoms with Crippen molar-refractivity contribution in [1.82, 2.24) is 14.9 Å². The number of nitrogens with one attached hydrogen (secondary N) is 1. The topological polar surface area (TPSA) is 96.9 Å². The van der Waals surface area contributed by atoms with Crippen LogP contribution >= 0.6 is 11.3 Å². The number of anilines is 2. The van der Waals surface area contributed by atoms with E-state index in [4.69, 9.17) is 9.47 Å². The molecule has 0 aliphatic carbocycles. The smallest absolute Gasteiger partial charge is 0.328 e. The number of aryl methyl sites for hydroxylation is 1. The highest BCUT2D eigenvalue weighted by atomic mass is 32.1. The molecular formula is C28H27N5O4S. The molecule has 0 saturated carbocycles. The molecule has 10 heteroatoms. The van der Waals surface area contributed by atoms with Crippen molar-refractivity contribution >= 4 is 44.4 Å². The maximum absolute atomic E-state index is 13.6. The van der Waals surface area contributed by atoms with Gasteiger partial charge in [-0.25, -0.2) is 14.8 Å². The van der Waals surface area contributed by atoms with E-state index in [0.717, 1.165) is 29.0 Å². The molecule has 9 nitrogen and oxygen atoms in total. The lowest BCUT2D eigenvalue weighted by molar-refractivity contribution is -0.127. The number of hydrogen-bond acceptors (Lipinski definition) is 7. The Morgan fingerprint density at radius 1 is 1.03 bits per heavy atom. The third kappa shape index (κ3) is 4.30. The largest absolute Gasteiger partial charge is 0.481 e. The Bertz CT molecular complexity index is 1550. The summed E-state index contributed by atoms with van der Waals surface area (Å²) < 4.78 is 11.4. The number of carbonyl (C=O) groups is 2. The summed E-state index contributed by atoms with van der Waals surface area (Å²) in [4.78, 5) is 39.0. The summed E-state index contributed by atoms with van der Waals surface area (Å²) in [6, 6.07) is 17.0. The third-order valence-corrected chi connectivity index (χ3v) is 8.13. The molecule has 1 spiro atoms. The number of likely N-dealkylation sites (tertiary alicyclic amines) is 1. The number of carbonyl (C=O) groups excluding carboxylic acids is 2. The summed E-state index contributed by atoms with van der Waals surface area (Å²) >= 11 is 1.29. The lowest BCUT2D eigenvalue weighted by Crippen LogP contribution is -2.41. The van der Waals surface area contributed by atoms with Crippen molar-refractivity contribution in [2.75, 3.05) is 37.0 Å². The molecule has 4 heterocycles. The Balaban J connectivity index is 1.31. The van der Waals surface area contributed by atoms with E-state index in [1.54, 1.807) is 25.0 Å². The zero-order valence-electron chi connectivity index (χ0n) is 21.4. The van der Waals surface area contributed by atoms with Gasteiger partial charge in [0.1, 0.15) is 21.8 Å². The molecule has 0 bridgehead atoms. The van der Waals surface area contributed by atoms with Crippen LogP contribution in [0, 0.1) is 6.92 Å². The molecular weight excluding hydrogens is 502 g/mol. The molecule has 3 amide bonds. The van der Waals surface area contributed by atoms with Crippen LogP contribution in [0.15, 0.2) is 54.6 Å². The van der Waals surface area contributed by atoms with Crippen molar-refractivity contribution in [3.8, 4) is 17.4 Å². The lowest BCUT2D eigenvalue weighted by atomic mass is 9.81. The van der Waals surface area contributed by atoms with Gasteiger partial charge in [-0.2, -0.15) is 0 Å². The maximum atomic E-state index is 13.6. The number of urea groups is 1. The number of amides is 3. The van der Waals surface area contributed by atoms with Gasteiger partial charge in [0, 0.05) is 43.7 Å². The minimum Gasteiger partial charge on any atom is -0.481 e. The first kappa shape index (κ1) is 24.2. The van der Waals surface area contributed by atoms with Crippen LogP contribution in [0.5, 0.6) is 17.4 Å². The first-order valence-corrected chi connectivity index (χ1v) is 13.2. The van der Waals surface area contributed by atoms with Crippen molar-refractivity contribution in [2.24, 2.45) is 0 Å². The van der Waals surface area contributed by atoms with Gasteiger partial charge in [0.05, 0.1) is 7.11 Å². The molecule has 1 unspecified atom stereocenters. The normalized spacial score (nSPS) is 18.2. The number of methoxy groups -OCH3 is 1. The molecule has 2 aliphatic heterocycles. The van der Waals surface area contributed by atoms with Gasteiger partial charge in [-0.3, -0.25) is 15.0 Å². The Labute approximate surface area is 224 Å². The summed E-state index contributed by atoms with van der Waals surface area (Å²) in [5, 5.41) is 3.42. The second kappa shape index (κ2) is 9.29. The average Bonchev–Trinajstić information content (AvgIpc) is 3.61. The summed E-state index contributed by atoms with van der Waals surface area (Å²) in [6.07, 6.45) is 0.766. The lowest BCUT2D eigenvalue weighted by Gasteiger charge is -2.25. The Hall–Kier alpha value is -4.18. The Kier molecular flexibility index (Phi) is 5.91. The second-order valence-electron chi connectivity index (χ2n) is 9.78. The van der Waals surface area contributed by atoms with Gasteiger partial charge >= 0.3 is 6.03 Å². The quantitative estimate of drug-likeness (QED) is 0.383. The van der Waals surface area contributed by atoms with E-state index in [9.17, 15) is 9.59 Å². The van der Waals surface area contributed by atoms with Crippen LogP contribution in [0.4, 0.5) is 15.6 Å². The summed E-state index contributed by atoms with van der Waals surface area (Å²) in [7, 11) is 1.56. The Morgan fingerprint density at radius 2 is 1.82 bits per heavy atom. The minimum absolute atomic E-state index is 0.0378. The summed E-state index contributed by atoms with van der Waals surface area (Å²) in [6.45, 7) is 5.29. The molecule has 1 fully saturated rings. The van der Waals surface area contributed by atoms with Crippen molar-refractivity contribution < 1.29 is 19.1 Å². The first-order valence-electron chi connectivity index (χ1n) is 12.4. The zero-order chi connectivity index (χ0) is 26.4. The van der Waals surface area contributed by atoms with Crippen molar-refractivity contribution in [3.05, 3.63) is 65.7 Å². The third-order valence-electron chi connectivity index (χ3n) is 7.24. The van der Waals surface area contributed by atoms with Crippen molar-refractivity contribution in [1.29, 1.82) is 0 Å². The molecule has 1 atom stereocenters. The monoisotopic (exact) mass is 529 g/mol. The number of nitrogens with zero attached hydrogens (tertiary/aromatic N) is 4. The molecule has 4 aromatic rings. The van der Waals surface area contributed by atoms with Crippen LogP contribution < -0.4 is 19.7 Å². The highest BCUT2D eigenvalue weighted by Crippen LogP contribution is 2.48. The fraction of sp³-hybridized carbons (Fsp3) is 0.286. The molecule has 2 aliphatic rings. The van der Waals surface area contributed by atoms with E-state index in [1.807, 2.05) is 60.4 Å². The van der Waals surface area contributed by atoms with E-state index in [0.29, 0.717) is 46.7 Å². The molecule has 6 rings (SSSR count). The van der Waals surface area contributed by atoms with Crippen LogP contribution in [-0.4, -0.2) is 53.6 Å². The first-order chi connectivity index (χ1) is 18.3. The summed E-state index contributed by atoms with van der Waals surface area (Å²) in [5.74, 6) is 1.97. The molecule has 0 radical (unpaired) electrons. The van der Waals surface area contributed by atoms with Gasteiger partial charge in [-0.15, -0.1) is 0 Å². The number of rotatable bonds is 4. The standard InChI is InChI=1S/C28H27N5O4S/c1-17-4-6-19(7-5-17)37-20-8-10-23-21(14-20)28(12-13-32(15-28)18(2)34)16-33(23)27(35)31-26-29-22-9-11-24(36-3)30-25(22)38-26/h4-11,14H,12-13,15-16H2,1-3H3,(H,29,31,35). The molecule has 194 valence electrons. The second-order valence-corrected chi connectivity index (χ2v) is 10.8. The molecule has 38 heavy (non-hydrogen) atoms. The predicted octanol–water partition coefficient (Wildman–Crippen LogP) is 5.34. The predicted molar refractivity (Wildman–Crippen MR) is 147 cm³/mol. The number of hydrogen-bond donors (Lipinski definition) is 1. The summed E-state index contributed by atoms with van der Waals surface area (Å²) in [5.41, 5.74) is 3.30. The van der Waals surface area contributed by atoms with Crippen LogP contribution in [0.2, 0.25) is 0 Å². The van der Waals surface area contributed by atoms with Crippen LogP contribution in [-0.2, 0) is 10.2 Å². The number of pyridine rings is 1.